The predicted molar refractivity (Wildman–Crippen MR) is 110 cm³/mol. The van der Waals surface area contributed by atoms with Crippen LogP contribution in [0.5, 0.6) is 0 Å². The highest BCUT2D eigenvalue weighted by Gasteiger charge is 2.20. The number of halogens is 1. The van der Waals surface area contributed by atoms with E-state index in [4.69, 9.17) is 0 Å². The third kappa shape index (κ3) is 3.18. The van der Waals surface area contributed by atoms with Crippen LogP contribution in [-0.4, -0.2) is 18.7 Å². The van der Waals surface area contributed by atoms with Gasteiger partial charge in [-0.2, -0.15) is 0 Å². The number of hydrogen-bond donors (Lipinski definition) is 0. The monoisotopic (exact) mass is 392 g/mol. The minimum Gasteiger partial charge on any atom is -0.320 e. The first-order chi connectivity index (χ1) is 13.9. The van der Waals surface area contributed by atoms with E-state index in [2.05, 4.69) is 4.98 Å². The van der Waals surface area contributed by atoms with E-state index in [-0.39, 0.29) is 17.2 Å². The van der Waals surface area contributed by atoms with Crippen molar-refractivity contribution < 1.29 is 4.39 Å². The summed E-state index contributed by atoms with van der Waals surface area (Å²) in [5.41, 5.74) is 2.34. The zero-order chi connectivity index (χ0) is 20.7. The van der Waals surface area contributed by atoms with Gasteiger partial charge in [0.2, 0.25) is 0 Å². The number of hydrogen-bond acceptors (Lipinski definition) is 3. The van der Waals surface area contributed by atoms with Crippen LogP contribution < -0.4 is 11.2 Å². The molecule has 148 valence electrons. The van der Waals surface area contributed by atoms with Gasteiger partial charge in [-0.25, -0.2) is 18.7 Å². The number of aromatic nitrogens is 4. The summed E-state index contributed by atoms with van der Waals surface area (Å²) in [5, 5.41) is 0. The number of aryl methyl sites for hydroxylation is 1. The summed E-state index contributed by atoms with van der Waals surface area (Å²) in [7, 11) is 0. The van der Waals surface area contributed by atoms with Crippen molar-refractivity contribution in [2.24, 2.45) is 0 Å². The van der Waals surface area contributed by atoms with Gasteiger partial charge in [-0.05, 0) is 56.2 Å². The third-order valence-electron chi connectivity index (χ3n) is 5.05. The Labute approximate surface area is 166 Å². The molecule has 0 N–H and O–H groups in total. The van der Waals surface area contributed by atoms with Crippen molar-refractivity contribution in [3.05, 3.63) is 92.6 Å². The quantitative estimate of drug-likeness (QED) is 0.535. The summed E-state index contributed by atoms with van der Waals surface area (Å²) < 4.78 is 17.7. The second kappa shape index (κ2) is 7.16. The van der Waals surface area contributed by atoms with Crippen LogP contribution in [0, 0.1) is 12.7 Å². The molecule has 29 heavy (non-hydrogen) atoms. The van der Waals surface area contributed by atoms with Gasteiger partial charge in [0.15, 0.2) is 11.2 Å². The summed E-state index contributed by atoms with van der Waals surface area (Å²) in [6.45, 7) is 6.03. The van der Waals surface area contributed by atoms with Gasteiger partial charge in [-0.1, -0.05) is 24.3 Å². The number of nitrogens with zero attached hydrogens (tertiary/aromatic N) is 4. The Morgan fingerprint density at radius 3 is 2.38 bits per heavy atom. The Hall–Kier alpha value is -3.48. The molecule has 0 saturated carbocycles. The normalized spacial score (nSPS) is 11.5. The first-order valence-electron chi connectivity index (χ1n) is 9.41. The minimum atomic E-state index is -0.495. The molecule has 0 fully saturated rings. The van der Waals surface area contributed by atoms with Crippen LogP contribution in [0.1, 0.15) is 31.0 Å². The Kier molecular flexibility index (Phi) is 4.66. The van der Waals surface area contributed by atoms with Crippen molar-refractivity contribution in [2.45, 2.75) is 33.4 Å². The second-order valence-corrected chi connectivity index (χ2v) is 7.33. The molecular formula is C22H21FN4O2. The predicted octanol–water partition coefficient (Wildman–Crippen LogP) is 3.43. The molecule has 0 spiro atoms. The van der Waals surface area contributed by atoms with E-state index in [0.717, 1.165) is 11.1 Å². The van der Waals surface area contributed by atoms with E-state index >= 15 is 0 Å². The molecule has 0 aliphatic heterocycles. The lowest BCUT2D eigenvalue weighted by molar-refractivity contribution is 0.538. The Morgan fingerprint density at radius 2 is 1.72 bits per heavy atom. The fourth-order valence-corrected chi connectivity index (χ4v) is 3.52. The lowest BCUT2D eigenvalue weighted by atomic mass is 10.1. The molecule has 6 nitrogen and oxygen atoms in total. The first-order valence-corrected chi connectivity index (χ1v) is 9.41. The topological polar surface area (TPSA) is 61.8 Å². The molecule has 4 rings (SSSR count). The molecule has 0 unspecified atom stereocenters. The molecule has 0 aliphatic rings. The number of fused-ring (bicyclic) bond motifs is 1. The molecule has 0 radical (unpaired) electrons. The minimum absolute atomic E-state index is 0.261. The van der Waals surface area contributed by atoms with Crippen molar-refractivity contribution in [1.82, 2.24) is 18.7 Å². The average Bonchev–Trinajstić information content (AvgIpc) is 3.08. The summed E-state index contributed by atoms with van der Waals surface area (Å²) in [5.74, 6) is -0.402. The summed E-state index contributed by atoms with van der Waals surface area (Å²) >= 11 is 0. The van der Waals surface area contributed by atoms with Gasteiger partial charge in [-0.3, -0.25) is 9.36 Å². The van der Waals surface area contributed by atoms with Crippen LogP contribution in [0.3, 0.4) is 0 Å². The maximum atomic E-state index is 13.4. The van der Waals surface area contributed by atoms with Gasteiger partial charge in [0.1, 0.15) is 5.82 Å². The highest BCUT2D eigenvalue weighted by Crippen LogP contribution is 2.17. The highest BCUT2D eigenvalue weighted by atomic mass is 19.1. The summed E-state index contributed by atoms with van der Waals surface area (Å²) in [6.07, 6.45) is 1.57. The highest BCUT2D eigenvalue weighted by molar-refractivity contribution is 5.72. The van der Waals surface area contributed by atoms with Crippen LogP contribution in [0.4, 0.5) is 4.39 Å². The molecule has 0 bridgehead atoms. The third-order valence-corrected chi connectivity index (χ3v) is 5.05. The van der Waals surface area contributed by atoms with Crippen molar-refractivity contribution >= 4 is 11.2 Å². The Bertz CT molecular complexity index is 1310. The van der Waals surface area contributed by atoms with Gasteiger partial charge < -0.3 is 4.57 Å². The van der Waals surface area contributed by atoms with Crippen molar-refractivity contribution in [2.75, 3.05) is 0 Å². The molecule has 0 saturated heterocycles. The van der Waals surface area contributed by atoms with E-state index in [1.165, 1.54) is 33.4 Å². The fourth-order valence-electron chi connectivity index (χ4n) is 3.52. The fraction of sp³-hybridized carbons (Fsp3) is 0.227. The standard InChI is InChI=1S/C22H21FN4O2/c1-14(2)26-21(28)19-20(27(22(26)29)18-10-8-17(23)9-11-18)24-13-25(19)12-16-7-5-4-6-15(16)3/h4-11,13-14H,12H2,1-3H3. The molecule has 0 amide bonds. The van der Waals surface area contributed by atoms with E-state index in [0.29, 0.717) is 17.7 Å². The zero-order valence-electron chi connectivity index (χ0n) is 16.5. The first kappa shape index (κ1) is 18.9. The molecular weight excluding hydrogens is 371 g/mol. The van der Waals surface area contributed by atoms with Crippen molar-refractivity contribution in [1.29, 1.82) is 0 Å². The largest absolute Gasteiger partial charge is 0.337 e. The molecule has 0 aliphatic carbocycles. The molecule has 2 aromatic heterocycles. The van der Waals surface area contributed by atoms with Crippen LogP contribution in [0.15, 0.2) is 64.4 Å². The number of rotatable bonds is 4. The lowest BCUT2D eigenvalue weighted by Crippen LogP contribution is -2.41. The molecule has 2 aromatic carbocycles. The van der Waals surface area contributed by atoms with Gasteiger partial charge in [0, 0.05) is 12.6 Å². The van der Waals surface area contributed by atoms with Gasteiger partial charge in [0.05, 0.1) is 12.0 Å². The maximum absolute atomic E-state index is 13.4. The SMILES string of the molecule is Cc1ccccc1Cn1cnc2c1c(=O)n(C(C)C)c(=O)n2-c1ccc(F)cc1. The van der Waals surface area contributed by atoms with E-state index < -0.39 is 11.5 Å². The van der Waals surface area contributed by atoms with Crippen LogP contribution in [0.2, 0.25) is 0 Å². The number of benzene rings is 2. The molecule has 4 aromatic rings. The second-order valence-electron chi connectivity index (χ2n) is 7.33. The van der Waals surface area contributed by atoms with Crippen LogP contribution in [0.25, 0.3) is 16.9 Å². The Morgan fingerprint density at radius 1 is 1.03 bits per heavy atom. The summed E-state index contributed by atoms with van der Waals surface area (Å²) in [6, 6.07) is 13.1. The lowest BCUT2D eigenvalue weighted by Gasteiger charge is -2.15. The van der Waals surface area contributed by atoms with E-state index in [9.17, 15) is 14.0 Å². The zero-order valence-corrected chi connectivity index (χ0v) is 16.5. The van der Waals surface area contributed by atoms with Gasteiger partial charge in [0.25, 0.3) is 5.56 Å². The molecule has 0 atom stereocenters. The van der Waals surface area contributed by atoms with Gasteiger partial charge >= 0.3 is 5.69 Å². The average molecular weight is 392 g/mol. The van der Waals surface area contributed by atoms with Crippen LogP contribution >= 0.6 is 0 Å². The molecule has 7 heteroatoms. The maximum Gasteiger partial charge on any atom is 0.337 e. The number of imidazole rings is 1. The van der Waals surface area contributed by atoms with E-state index in [1.807, 2.05) is 31.2 Å². The summed E-state index contributed by atoms with van der Waals surface area (Å²) in [4.78, 5) is 30.7. The van der Waals surface area contributed by atoms with Crippen molar-refractivity contribution in [3.8, 4) is 5.69 Å². The van der Waals surface area contributed by atoms with Gasteiger partial charge in [-0.15, -0.1) is 0 Å². The Balaban J connectivity index is 2.03. The molecule has 2 heterocycles. The van der Waals surface area contributed by atoms with Crippen molar-refractivity contribution in [3.63, 3.8) is 0 Å². The van der Waals surface area contributed by atoms with Crippen LogP contribution in [-0.2, 0) is 6.54 Å². The van der Waals surface area contributed by atoms with E-state index in [1.54, 1.807) is 24.7 Å². The smallest absolute Gasteiger partial charge is 0.320 e.